The van der Waals surface area contributed by atoms with E-state index >= 15 is 0 Å². The molecule has 1 aliphatic heterocycles. The summed E-state index contributed by atoms with van der Waals surface area (Å²) < 4.78 is 52.7. The second-order valence-electron chi connectivity index (χ2n) is 7.54. The van der Waals surface area contributed by atoms with Gasteiger partial charge in [0.25, 0.3) is 0 Å². The fraction of sp³-hybridized carbons (Fsp3) is 0.350. The number of carbonyl (C=O) groups is 1. The second kappa shape index (κ2) is 9.45. The van der Waals surface area contributed by atoms with Crippen molar-refractivity contribution >= 4 is 37.5 Å². The molecule has 10 nitrogen and oxygen atoms in total. The van der Waals surface area contributed by atoms with Crippen molar-refractivity contribution in [2.75, 3.05) is 37.8 Å². The molecule has 0 aliphatic carbocycles. The molecule has 2 aromatic rings. The van der Waals surface area contributed by atoms with Crippen molar-refractivity contribution in [2.24, 2.45) is 0 Å². The van der Waals surface area contributed by atoms with Crippen molar-refractivity contribution in [1.29, 1.82) is 0 Å². The molecule has 32 heavy (non-hydrogen) atoms. The predicted octanol–water partition coefficient (Wildman–Crippen LogP) is 2.46. The van der Waals surface area contributed by atoms with Crippen LogP contribution in [0.1, 0.15) is 19.3 Å². The number of hydrogen-bond acceptors (Lipinski definition) is 6. The van der Waals surface area contributed by atoms with Crippen LogP contribution in [-0.2, 0) is 20.0 Å². The van der Waals surface area contributed by atoms with Gasteiger partial charge < -0.3 is 15.7 Å². The summed E-state index contributed by atoms with van der Waals surface area (Å²) in [5.74, 6) is -0.304. The van der Waals surface area contributed by atoms with Gasteiger partial charge >= 0.3 is 6.03 Å². The first-order valence-electron chi connectivity index (χ1n) is 9.95. The lowest BCUT2D eigenvalue weighted by Crippen LogP contribution is -2.35. The molecule has 1 saturated heterocycles. The SMILES string of the molecule is CN(C)S(=O)(=O)c1cccc(NC(=O)Nc2cc(S(=O)(=O)N3CCCCC3)ccc2O)c1. The summed E-state index contributed by atoms with van der Waals surface area (Å²) in [7, 11) is -4.63. The molecular formula is C20H26N4O6S2. The van der Waals surface area contributed by atoms with Crippen molar-refractivity contribution in [2.45, 2.75) is 29.1 Å². The number of hydrogen-bond donors (Lipinski definition) is 3. The molecule has 0 saturated carbocycles. The standard InChI is InChI=1S/C20H26N4O6S2/c1-23(2)31(27,28)16-8-6-7-15(13-16)21-20(26)22-18-14-17(9-10-19(18)25)32(29,30)24-11-4-3-5-12-24/h6-10,13-14,25H,3-5,11-12H2,1-2H3,(H2,21,22,26). The molecule has 0 aromatic heterocycles. The monoisotopic (exact) mass is 482 g/mol. The van der Waals surface area contributed by atoms with E-state index < -0.39 is 26.1 Å². The average molecular weight is 483 g/mol. The van der Waals surface area contributed by atoms with Crippen LogP contribution in [0.25, 0.3) is 0 Å². The van der Waals surface area contributed by atoms with Crippen molar-refractivity contribution in [3.63, 3.8) is 0 Å². The number of phenols is 1. The van der Waals surface area contributed by atoms with E-state index in [1.54, 1.807) is 0 Å². The first-order chi connectivity index (χ1) is 15.0. The Morgan fingerprint density at radius 1 is 0.938 bits per heavy atom. The molecule has 0 bridgehead atoms. The Labute approximate surface area is 187 Å². The zero-order valence-electron chi connectivity index (χ0n) is 17.8. The molecule has 2 aromatic carbocycles. The number of anilines is 2. The Morgan fingerprint density at radius 3 is 2.28 bits per heavy atom. The van der Waals surface area contributed by atoms with E-state index in [-0.39, 0.29) is 26.9 Å². The lowest BCUT2D eigenvalue weighted by Gasteiger charge is -2.26. The van der Waals surface area contributed by atoms with Crippen molar-refractivity contribution < 1.29 is 26.7 Å². The van der Waals surface area contributed by atoms with Gasteiger partial charge in [-0.3, -0.25) is 0 Å². The van der Waals surface area contributed by atoms with Gasteiger partial charge in [0, 0.05) is 32.9 Å². The molecule has 1 heterocycles. The molecule has 2 amide bonds. The Morgan fingerprint density at radius 2 is 1.62 bits per heavy atom. The van der Waals surface area contributed by atoms with Crippen LogP contribution in [0, 0.1) is 0 Å². The highest BCUT2D eigenvalue weighted by atomic mass is 32.2. The van der Waals surface area contributed by atoms with Gasteiger partial charge in [-0.05, 0) is 49.2 Å². The maximum atomic E-state index is 12.9. The molecule has 174 valence electrons. The van der Waals surface area contributed by atoms with Crippen LogP contribution in [-0.4, -0.2) is 63.8 Å². The van der Waals surface area contributed by atoms with Crippen LogP contribution < -0.4 is 10.6 Å². The van der Waals surface area contributed by atoms with Crippen LogP contribution in [0.15, 0.2) is 52.3 Å². The Bertz CT molecular complexity index is 1210. The normalized spacial score (nSPS) is 15.5. The zero-order chi connectivity index (χ0) is 23.5. The van der Waals surface area contributed by atoms with Crippen molar-refractivity contribution in [3.05, 3.63) is 42.5 Å². The van der Waals surface area contributed by atoms with E-state index in [1.165, 1.54) is 60.9 Å². The molecule has 1 aliphatic rings. The van der Waals surface area contributed by atoms with Gasteiger partial charge in [0.15, 0.2) is 0 Å². The van der Waals surface area contributed by atoms with Gasteiger partial charge in [0.05, 0.1) is 15.5 Å². The first kappa shape index (κ1) is 24.0. The van der Waals surface area contributed by atoms with Crippen LogP contribution in [0.3, 0.4) is 0 Å². The lowest BCUT2D eigenvalue weighted by atomic mass is 10.2. The minimum absolute atomic E-state index is 0.00207. The van der Waals surface area contributed by atoms with Crippen LogP contribution in [0.4, 0.5) is 16.2 Å². The van der Waals surface area contributed by atoms with E-state index in [2.05, 4.69) is 10.6 Å². The molecule has 0 spiro atoms. The number of sulfonamides is 2. The summed E-state index contributed by atoms with van der Waals surface area (Å²) in [6, 6.07) is 8.61. The maximum Gasteiger partial charge on any atom is 0.323 e. The molecule has 0 radical (unpaired) electrons. The Balaban J connectivity index is 1.78. The van der Waals surface area contributed by atoms with Gasteiger partial charge in [0.2, 0.25) is 20.0 Å². The van der Waals surface area contributed by atoms with Gasteiger partial charge in [-0.2, -0.15) is 4.31 Å². The quantitative estimate of drug-likeness (QED) is 0.541. The topological polar surface area (TPSA) is 136 Å². The fourth-order valence-corrected chi connectivity index (χ4v) is 5.75. The number of carbonyl (C=O) groups excluding carboxylic acids is 1. The summed E-state index contributed by atoms with van der Waals surface area (Å²) in [4.78, 5) is 12.4. The highest BCUT2D eigenvalue weighted by molar-refractivity contribution is 7.89. The van der Waals surface area contributed by atoms with Crippen LogP contribution in [0.5, 0.6) is 5.75 Å². The van der Waals surface area contributed by atoms with Gasteiger partial charge in [-0.15, -0.1) is 0 Å². The number of nitrogens with one attached hydrogen (secondary N) is 2. The number of benzene rings is 2. The molecule has 3 N–H and O–H groups in total. The molecule has 3 rings (SSSR count). The summed E-state index contributed by atoms with van der Waals surface area (Å²) in [6.45, 7) is 0.858. The molecule has 1 fully saturated rings. The molecular weight excluding hydrogens is 456 g/mol. The predicted molar refractivity (Wildman–Crippen MR) is 121 cm³/mol. The smallest absolute Gasteiger partial charge is 0.323 e. The summed E-state index contributed by atoms with van der Waals surface area (Å²) >= 11 is 0. The highest BCUT2D eigenvalue weighted by Gasteiger charge is 2.27. The number of phenolic OH excluding ortho intramolecular Hbond substituents is 1. The van der Waals surface area contributed by atoms with E-state index in [4.69, 9.17) is 0 Å². The van der Waals surface area contributed by atoms with Gasteiger partial charge in [-0.25, -0.2) is 25.9 Å². The molecule has 0 unspecified atom stereocenters. The minimum atomic E-state index is -3.75. The van der Waals surface area contributed by atoms with E-state index in [9.17, 15) is 26.7 Å². The Kier molecular flexibility index (Phi) is 7.08. The summed E-state index contributed by atoms with van der Waals surface area (Å²) in [5, 5.41) is 15.0. The maximum absolute atomic E-state index is 12.9. The number of nitrogens with zero attached hydrogens (tertiary/aromatic N) is 2. The highest BCUT2D eigenvalue weighted by Crippen LogP contribution is 2.29. The van der Waals surface area contributed by atoms with Crippen molar-refractivity contribution in [3.8, 4) is 5.75 Å². The number of rotatable bonds is 6. The number of aromatic hydroxyl groups is 1. The minimum Gasteiger partial charge on any atom is -0.506 e. The van der Waals surface area contributed by atoms with Crippen molar-refractivity contribution in [1.82, 2.24) is 8.61 Å². The average Bonchev–Trinajstić information content (AvgIpc) is 2.75. The number of urea groups is 1. The lowest BCUT2D eigenvalue weighted by molar-refractivity contribution is 0.262. The third kappa shape index (κ3) is 5.21. The van der Waals surface area contributed by atoms with E-state index in [1.807, 2.05) is 0 Å². The second-order valence-corrected chi connectivity index (χ2v) is 11.6. The summed E-state index contributed by atoms with van der Waals surface area (Å²) in [5.41, 5.74) is 0.125. The van der Waals surface area contributed by atoms with E-state index in [0.29, 0.717) is 13.1 Å². The molecule has 12 heteroatoms. The zero-order valence-corrected chi connectivity index (χ0v) is 19.4. The van der Waals surface area contributed by atoms with Crippen LogP contribution >= 0.6 is 0 Å². The van der Waals surface area contributed by atoms with E-state index in [0.717, 1.165) is 23.6 Å². The fourth-order valence-electron chi connectivity index (χ4n) is 3.26. The van der Waals surface area contributed by atoms with Gasteiger partial charge in [-0.1, -0.05) is 12.5 Å². The number of piperidine rings is 1. The largest absolute Gasteiger partial charge is 0.506 e. The number of amides is 2. The summed E-state index contributed by atoms with van der Waals surface area (Å²) in [6.07, 6.45) is 2.55. The third-order valence-electron chi connectivity index (χ3n) is 5.04. The third-order valence-corrected chi connectivity index (χ3v) is 8.75. The van der Waals surface area contributed by atoms with Crippen LogP contribution in [0.2, 0.25) is 0 Å². The van der Waals surface area contributed by atoms with Gasteiger partial charge in [0.1, 0.15) is 5.75 Å². The Hall–Kier alpha value is -2.67. The first-order valence-corrected chi connectivity index (χ1v) is 12.8. The molecule has 0 atom stereocenters.